The van der Waals surface area contributed by atoms with Crippen molar-refractivity contribution in [1.29, 1.82) is 0 Å². The zero-order valence-electron chi connectivity index (χ0n) is 53.0. The first kappa shape index (κ1) is 75.9. The molecule has 0 spiro atoms. The van der Waals surface area contributed by atoms with Gasteiger partial charge in [0.15, 0.2) is 6.10 Å². The maximum Gasteiger partial charge on any atom is 0.306 e. The molecule has 0 saturated heterocycles. The molecule has 0 aromatic carbocycles. The van der Waals surface area contributed by atoms with Gasteiger partial charge in [0.2, 0.25) is 0 Å². The van der Waals surface area contributed by atoms with Gasteiger partial charge < -0.3 is 14.2 Å². The minimum Gasteiger partial charge on any atom is -0.462 e. The summed E-state index contributed by atoms with van der Waals surface area (Å²) >= 11 is 0. The quantitative estimate of drug-likeness (QED) is 0.0261. The number of unbranched alkanes of at least 4 members (excludes halogenated alkanes) is 51. The monoisotopic (exact) mass is 1100 g/mol. The van der Waals surface area contributed by atoms with Crippen LogP contribution in [0.1, 0.15) is 400 Å². The zero-order valence-corrected chi connectivity index (χ0v) is 53.0. The third-order valence-electron chi connectivity index (χ3n) is 16.2. The third-order valence-corrected chi connectivity index (χ3v) is 16.2. The predicted molar refractivity (Wildman–Crippen MR) is 340 cm³/mol. The molecule has 0 bridgehead atoms. The number of hydrogen-bond acceptors (Lipinski definition) is 6. The number of carbonyl (C=O) groups excluding carboxylic acids is 3. The van der Waals surface area contributed by atoms with Gasteiger partial charge in [0.1, 0.15) is 13.2 Å². The van der Waals surface area contributed by atoms with Gasteiger partial charge >= 0.3 is 17.9 Å². The standard InChI is InChI=1S/C72H136O6/c1-4-7-10-13-16-19-22-24-26-27-28-29-30-31-32-33-34-35-36-37-38-39-40-41-42-43-44-46-47-50-53-56-59-62-65-71(74)77-68-69(67-76-70(73)64-61-58-55-52-49-21-18-15-12-9-6-3)78-72(75)66-63-60-57-54-51-48-45-25-23-20-17-14-11-8-5-2/h15,18,25,45,69H,4-14,16-17,19-24,26-44,46-68H2,1-3H3/b18-15-,45-25-. The van der Waals surface area contributed by atoms with E-state index in [0.717, 1.165) is 70.6 Å². The SMILES string of the molecule is CCCC/C=C\CCCCCCCC(=O)OCC(COC(=O)CCCCCCCCCCCCCCCCCCCCCCCCCCCCCCCCCCCC)OC(=O)CCCCCCC/C=C\CCCCCCCC. The molecule has 0 aliphatic carbocycles. The summed E-state index contributed by atoms with van der Waals surface area (Å²) in [5.74, 6) is -0.867. The summed E-state index contributed by atoms with van der Waals surface area (Å²) in [6.07, 6.45) is 82.4. The minimum atomic E-state index is -0.776. The molecule has 0 aliphatic rings. The number of esters is 3. The Balaban J connectivity index is 4.01. The second kappa shape index (κ2) is 67.4. The van der Waals surface area contributed by atoms with Crippen LogP contribution >= 0.6 is 0 Å². The number of carbonyl (C=O) groups is 3. The van der Waals surface area contributed by atoms with Gasteiger partial charge in [-0.05, 0) is 64.2 Å². The van der Waals surface area contributed by atoms with E-state index in [-0.39, 0.29) is 31.1 Å². The highest BCUT2D eigenvalue weighted by Gasteiger charge is 2.19. The molecule has 0 N–H and O–H groups in total. The molecule has 6 heteroatoms. The van der Waals surface area contributed by atoms with Crippen LogP contribution in [0.5, 0.6) is 0 Å². The molecule has 0 rings (SSSR count). The minimum absolute atomic E-state index is 0.0726. The van der Waals surface area contributed by atoms with E-state index in [0.29, 0.717) is 19.3 Å². The molecule has 0 aromatic rings. The van der Waals surface area contributed by atoms with Crippen LogP contribution in [0.2, 0.25) is 0 Å². The average Bonchev–Trinajstić information content (AvgIpc) is 3.44. The van der Waals surface area contributed by atoms with E-state index in [1.807, 2.05) is 0 Å². The normalized spacial score (nSPS) is 12.1. The fraction of sp³-hybridized carbons (Fsp3) is 0.903. The van der Waals surface area contributed by atoms with Crippen molar-refractivity contribution in [3.63, 3.8) is 0 Å². The van der Waals surface area contributed by atoms with Crippen molar-refractivity contribution in [2.75, 3.05) is 13.2 Å². The van der Waals surface area contributed by atoms with Crippen molar-refractivity contribution >= 4 is 17.9 Å². The van der Waals surface area contributed by atoms with E-state index in [1.54, 1.807) is 0 Å². The van der Waals surface area contributed by atoms with Crippen molar-refractivity contribution in [2.24, 2.45) is 0 Å². The Hall–Kier alpha value is -2.11. The molecule has 6 nitrogen and oxygen atoms in total. The maximum absolute atomic E-state index is 12.9. The Labute approximate surface area is 487 Å². The molecule has 460 valence electrons. The Morgan fingerprint density at radius 2 is 0.436 bits per heavy atom. The first-order valence-corrected chi connectivity index (χ1v) is 35.3. The average molecular weight is 1100 g/mol. The van der Waals surface area contributed by atoms with Crippen LogP contribution in [0, 0.1) is 0 Å². The van der Waals surface area contributed by atoms with Crippen LogP contribution in [0.4, 0.5) is 0 Å². The van der Waals surface area contributed by atoms with E-state index < -0.39 is 6.10 Å². The van der Waals surface area contributed by atoms with Gasteiger partial charge in [0.05, 0.1) is 0 Å². The van der Waals surface area contributed by atoms with E-state index in [9.17, 15) is 14.4 Å². The smallest absolute Gasteiger partial charge is 0.306 e. The molecular weight excluding hydrogens is 961 g/mol. The van der Waals surface area contributed by atoms with E-state index in [4.69, 9.17) is 14.2 Å². The van der Waals surface area contributed by atoms with Crippen LogP contribution in [0.3, 0.4) is 0 Å². The summed E-state index contributed by atoms with van der Waals surface area (Å²) in [6.45, 7) is 6.65. The molecule has 0 heterocycles. The molecule has 0 radical (unpaired) electrons. The Bertz CT molecular complexity index is 1260. The fourth-order valence-corrected chi connectivity index (χ4v) is 10.8. The lowest BCUT2D eigenvalue weighted by atomic mass is 10.0. The summed E-state index contributed by atoms with van der Waals surface area (Å²) in [7, 11) is 0. The molecular formula is C72H136O6. The number of hydrogen-bond donors (Lipinski definition) is 0. The lowest BCUT2D eigenvalue weighted by molar-refractivity contribution is -0.167. The first-order chi connectivity index (χ1) is 38.5. The van der Waals surface area contributed by atoms with Crippen molar-refractivity contribution in [2.45, 2.75) is 406 Å². The summed E-state index contributed by atoms with van der Waals surface area (Å²) in [4.78, 5) is 38.2. The highest BCUT2D eigenvalue weighted by Crippen LogP contribution is 2.19. The second-order valence-corrected chi connectivity index (χ2v) is 24.1. The van der Waals surface area contributed by atoms with Gasteiger partial charge in [0, 0.05) is 19.3 Å². The first-order valence-electron chi connectivity index (χ1n) is 35.3. The number of rotatable bonds is 66. The van der Waals surface area contributed by atoms with Crippen molar-refractivity contribution in [3.8, 4) is 0 Å². The maximum atomic E-state index is 12.9. The highest BCUT2D eigenvalue weighted by atomic mass is 16.6. The van der Waals surface area contributed by atoms with Crippen LogP contribution < -0.4 is 0 Å². The van der Waals surface area contributed by atoms with Crippen LogP contribution in [0.15, 0.2) is 24.3 Å². The van der Waals surface area contributed by atoms with Crippen molar-refractivity contribution in [1.82, 2.24) is 0 Å². The van der Waals surface area contributed by atoms with Gasteiger partial charge in [-0.3, -0.25) is 14.4 Å². The van der Waals surface area contributed by atoms with Crippen LogP contribution in [-0.2, 0) is 28.6 Å². The van der Waals surface area contributed by atoms with Gasteiger partial charge in [-0.15, -0.1) is 0 Å². The van der Waals surface area contributed by atoms with Crippen LogP contribution in [0.25, 0.3) is 0 Å². The molecule has 1 unspecified atom stereocenters. The fourth-order valence-electron chi connectivity index (χ4n) is 10.8. The summed E-state index contributed by atoms with van der Waals surface area (Å²) in [6, 6.07) is 0. The molecule has 0 aromatic heterocycles. The summed E-state index contributed by atoms with van der Waals surface area (Å²) < 4.78 is 16.9. The summed E-state index contributed by atoms with van der Waals surface area (Å²) in [5.41, 5.74) is 0. The molecule has 0 aliphatic heterocycles. The third kappa shape index (κ3) is 64.7. The van der Waals surface area contributed by atoms with Gasteiger partial charge in [0.25, 0.3) is 0 Å². The molecule has 78 heavy (non-hydrogen) atoms. The Morgan fingerprint density at radius 3 is 0.679 bits per heavy atom. The molecule has 1 atom stereocenters. The summed E-state index contributed by atoms with van der Waals surface area (Å²) in [5, 5.41) is 0. The van der Waals surface area contributed by atoms with Gasteiger partial charge in [-0.1, -0.05) is 340 Å². The largest absolute Gasteiger partial charge is 0.462 e. The van der Waals surface area contributed by atoms with Crippen molar-refractivity contribution in [3.05, 3.63) is 24.3 Å². The zero-order chi connectivity index (χ0) is 56.4. The van der Waals surface area contributed by atoms with Crippen LogP contribution in [-0.4, -0.2) is 37.2 Å². The lowest BCUT2D eigenvalue weighted by Crippen LogP contribution is -2.30. The Kier molecular flexibility index (Phi) is 65.6. The van der Waals surface area contributed by atoms with E-state index in [2.05, 4.69) is 45.1 Å². The molecule has 0 fully saturated rings. The Morgan fingerprint density at radius 1 is 0.244 bits per heavy atom. The van der Waals surface area contributed by atoms with Gasteiger partial charge in [-0.2, -0.15) is 0 Å². The lowest BCUT2D eigenvalue weighted by Gasteiger charge is -2.18. The predicted octanol–water partition coefficient (Wildman–Crippen LogP) is 24.2. The number of ether oxygens (including phenoxy) is 3. The van der Waals surface area contributed by atoms with Crippen molar-refractivity contribution < 1.29 is 28.6 Å². The topological polar surface area (TPSA) is 78.9 Å². The highest BCUT2D eigenvalue weighted by molar-refractivity contribution is 5.71. The molecule has 0 amide bonds. The second-order valence-electron chi connectivity index (χ2n) is 24.1. The van der Waals surface area contributed by atoms with E-state index >= 15 is 0 Å². The van der Waals surface area contributed by atoms with E-state index in [1.165, 1.54) is 289 Å². The van der Waals surface area contributed by atoms with Gasteiger partial charge in [-0.25, -0.2) is 0 Å². The molecule has 0 saturated carbocycles. The number of allylic oxidation sites excluding steroid dienone is 4.